The number of carbonyl (C=O) groups excluding carboxylic acids is 1. The maximum atomic E-state index is 12.9. The summed E-state index contributed by atoms with van der Waals surface area (Å²) in [5, 5.41) is 1.81. The average molecular weight is 360 g/mol. The minimum Gasteiger partial charge on any atom is -0.361 e. The molecule has 0 aliphatic rings. The van der Waals surface area contributed by atoms with Crippen LogP contribution in [0.5, 0.6) is 0 Å². The molecule has 0 radical (unpaired) electrons. The molecule has 1 N–H and O–H groups in total. The van der Waals surface area contributed by atoms with Crippen LogP contribution >= 0.6 is 11.6 Å². The first-order chi connectivity index (χ1) is 12.7. The summed E-state index contributed by atoms with van der Waals surface area (Å²) < 4.78 is 0. The highest BCUT2D eigenvalue weighted by Gasteiger charge is 2.23. The van der Waals surface area contributed by atoms with E-state index >= 15 is 0 Å². The van der Waals surface area contributed by atoms with Crippen molar-refractivity contribution in [2.24, 2.45) is 0 Å². The number of hydrogen-bond acceptors (Lipinski definition) is 1. The number of para-hydroxylation sites is 1. The Hall–Kier alpha value is -2.84. The van der Waals surface area contributed by atoms with Crippen molar-refractivity contribution in [2.75, 3.05) is 0 Å². The molecule has 0 bridgehead atoms. The summed E-state index contributed by atoms with van der Waals surface area (Å²) >= 11 is 6.50. The average Bonchev–Trinajstić information content (AvgIpc) is 3.11. The highest BCUT2D eigenvalue weighted by Crippen LogP contribution is 2.37. The van der Waals surface area contributed by atoms with Gasteiger partial charge in [-0.1, -0.05) is 78.3 Å². The Balaban J connectivity index is 1.80. The van der Waals surface area contributed by atoms with E-state index in [0.717, 1.165) is 27.6 Å². The molecule has 26 heavy (non-hydrogen) atoms. The Morgan fingerprint density at radius 2 is 1.54 bits per heavy atom. The van der Waals surface area contributed by atoms with Crippen LogP contribution in [0, 0.1) is 0 Å². The topological polar surface area (TPSA) is 32.9 Å². The van der Waals surface area contributed by atoms with Gasteiger partial charge in [0, 0.05) is 40.0 Å². The van der Waals surface area contributed by atoms with Crippen molar-refractivity contribution in [3.05, 3.63) is 107 Å². The van der Waals surface area contributed by atoms with Crippen LogP contribution in [0.4, 0.5) is 0 Å². The van der Waals surface area contributed by atoms with Crippen LogP contribution in [0.1, 0.15) is 33.8 Å². The molecule has 0 spiro atoms. The summed E-state index contributed by atoms with van der Waals surface area (Å²) in [7, 11) is 0. The first-order valence-corrected chi connectivity index (χ1v) is 9.00. The van der Waals surface area contributed by atoms with E-state index in [-0.39, 0.29) is 11.7 Å². The zero-order valence-electron chi connectivity index (χ0n) is 14.2. The van der Waals surface area contributed by atoms with Gasteiger partial charge in [-0.05, 0) is 23.3 Å². The molecule has 0 aliphatic carbocycles. The van der Waals surface area contributed by atoms with Crippen molar-refractivity contribution in [1.29, 1.82) is 0 Å². The fourth-order valence-electron chi connectivity index (χ4n) is 3.45. The van der Waals surface area contributed by atoms with E-state index in [1.807, 2.05) is 79.0 Å². The second kappa shape index (κ2) is 7.19. The van der Waals surface area contributed by atoms with E-state index < -0.39 is 0 Å². The van der Waals surface area contributed by atoms with E-state index in [1.165, 1.54) is 0 Å². The summed E-state index contributed by atoms with van der Waals surface area (Å²) in [6, 6.07) is 25.3. The maximum Gasteiger partial charge on any atom is 0.163 e. The smallest absolute Gasteiger partial charge is 0.163 e. The Morgan fingerprint density at radius 1 is 0.846 bits per heavy atom. The molecule has 0 saturated heterocycles. The van der Waals surface area contributed by atoms with Gasteiger partial charge in [-0.25, -0.2) is 0 Å². The number of H-pyrrole nitrogens is 1. The summed E-state index contributed by atoms with van der Waals surface area (Å²) in [4.78, 5) is 16.2. The largest absolute Gasteiger partial charge is 0.361 e. The van der Waals surface area contributed by atoms with Crippen LogP contribution in [0.3, 0.4) is 0 Å². The first kappa shape index (κ1) is 16.6. The van der Waals surface area contributed by atoms with Crippen LogP contribution in [-0.2, 0) is 0 Å². The molecular formula is C23H18ClNO. The number of nitrogens with one attached hydrogen (secondary N) is 1. The van der Waals surface area contributed by atoms with Crippen molar-refractivity contribution in [3.63, 3.8) is 0 Å². The standard InChI is InChI=1S/C23H18ClNO/c24-21-12-6-4-10-17(21)19(14-23(26)16-8-2-1-3-9-16)20-15-25-22-13-7-5-11-18(20)22/h1-13,15,19,25H,14H2. The molecular weight excluding hydrogens is 342 g/mol. The van der Waals surface area contributed by atoms with Crippen LogP contribution in [-0.4, -0.2) is 10.8 Å². The van der Waals surface area contributed by atoms with Gasteiger partial charge >= 0.3 is 0 Å². The van der Waals surface area contributed by atoms with E-state index in [4.69, 9.17) is 11.6 Å². The maximum absolute atomic E-state index is 12.9. The summed E-state index contributed by atoms with van der Waals surface area (Å²) in [6.07, 6.45) is 2.37. The van der Waals surface area contributed by atoms with Gasteiger partial charge in [0.25, 0.3) is 0 Å². The number of ketones is 1. The van der Waals surface area contributed by atoms with Crippen molar-refractivity contribution in [3.8, 4) is 0 Å². The lowest BCUT2D eigenvalue weighted by Gasteiger charge is -2.18. The van der Waals surface area contributed by atoms with Crippen LogP contribution in [0.25, 0.3) is 10.9 Å². The fourth-order valence-corrected chi connectivity index (χ4v) is 3.72. The Kier molecular flexibility index (Phi) is 4.59. The second-order valence-corrected chi connectivity index (χ2v) is 6.76. The molecule has 128 valence electrons. The number of aromatic nitrogens is 1. The monoisotopic (exact) mass is 359 g/mol. The number of Topliss-reactive ketones (excluding diaryl/α,β-unsaturated/α-hetero) is 1. The molecule has 0 fully saturated rings. The minimum absolute atomic E-state index is 0.104. The summed E-state index contributed by atoms with van der Waals surface area (Å²) in [5.41, 5.74) is 3.86. The molecule has 4 rings (SSSR count). The Bertz CT molecular complexity index is 1050. The Morgan fingerprint density at radius 3 is 2.35 bits per heavy atom. The van der Waals surface area contributed by atoms with E-state index in [0.29, 0.717) is 11.4 Å². The molecule has 3 aromatic carbocycles. The molecule has 3 heteroatoms. The molecule has 1 aromatic heterocycles. The zero-order valence-corrected chi connectivity index (χ0v) is 14.9. The van der Waals surface area contributed by atoms with Gasteiger partial charge in [-0.2, -0.15) is 0 Å². The zero-order chi connectivity index (χ0) is 17.9. The highest BCUT2D eigenvalue weighted by atomic mass is 35.5. The summed E-state index contributed by atoms with van der Waals surface area (Å²) in [6.45, 7) is 0. The SMILES string of the molecule is O=C(CC(c1ccccc1Cl)c1c[nH]c2ccccc12)c1ccccc1. The number of carbonyl (C=O) groups is 1. The quantitative estimate of drug-likeness (QED) is 0.421. The van der Waals surface area contributed by atoms with Gasteiger partial charge in [0.05, 0.1) is 0 Å². The molecule has 1 atom stereocenters. The van der Waals surface area contributed by atoms with Crippen molar-refractivity contribution in [1.82, 2.24) is 4.98 Å². The lowest BCUT2D eigenvalue weighted by atomic mass is 9.85. The van der Waals surface area contributed by atoms with Gasteiger partial charge in [0.2, 0.25) is 0 Å². The van der Waals surface area contributed by atoms with Gasteiger partial charge in [0.15, 0.2) is 5.78 Å². The van der Waals surface area contributed by atoms with Gasteiger partial charge in [-0.3, -0.25) is 4.79 Å². The summed E-state index contributed by atoms with van der Waals surface area (Å²) in [5.74, 6) is 0.00774. The Labute approximate surface area is 157 Å². The number of rotatable bonds is 5. The lowest BCUT2D eigenvalue weighted by Crippen LogP contribution is -2.09. The fraction of sp³-hybridized carbons (Fsp3) is 0.0870. The van der Waals surface area contributed by atoms with Gasteiger partial charge < -0.3 is 4.98 Å². The third-order valence-corrected chi connectivity index (χ3v) is 5.11. The number of hydrogen-bond donors (Lipinski definition) is 1. The number of aromatic amines is 1. The third kappa shape index (κ3) is 3.16. The second-order valence-electron chi connectivity index (χ2n) is 6.36. The van der Waals surface area contributed by atoms with E-state index in [2.05, 4.69) is 11.1 Å². The lowest BCUT2D eigenvalue weighted by molar-refractivity contribution is 0.0978. The molecule has 4 aromatic rings. The number of halogens is 1. The molecule has 1 unspecified atom stereocenters. The molecule has 0 aliphatic heterocycles. The third-order valence-electron chi connectivity index (χ3n) is 4.76. The number of fused-ring (bicyclic) bond motifs is 1. The first-order valence-electron chi connectivity index (χ1n) is 8.62. The highest BCUT2D eigenvalue weighted by molar-refractivity contribution is 6.31. The molecule has 1 heterocycles. The molecule has 0 amide bonds. The molecule has 0 saturated carbocycles. The van der Waals surface area contributed by atoms with Crippen LogP contribution in [0.2, 0.25) is 5.02 Å². The van der Waals surface area contributed by atoms with E-state index in [9.17, 15) is 4.79 Å². The van der Waals surface area contributed by atoms with E-state index in [1.54, 1.807) is 0 Å². The van der Waals surface area contributed by atoms with Crippen molar-refractivity contribution in [2.45, 2.75) is 12.3 Å². The van der Waals surface area contributed by atoms with Gasteiger partial charge in [0.1, 0.15) is 0 Å². The van der Waals surface area contributed by atoms with Crippen LogP contribution < -0.4 is 0 Å². The predicted molar refractivity (Wildman–Crippen MR) is 107 cm³/mol. The van der Waals surface area contributed by atoms with Crippen molar-refractivity contribution < 1.29 is 4.79 Å². The molecule has 2 nitrogen and oxygen atoms in total. The van der Waals surface area contributed by atoms with Crippen molar-refractivity contribution >= 4 is 28.3 Å². The van der Waals surface area contributed by atoms with Gasteiger partial charge in [-0.15, -0.1) is 0 Å². The van der Waals surface area contributed by atoms with Crippen LogP contribution in [0.15, 0.2) is 85.1 Å². The number of benzene rings is 3. The predicted octanol–water partition coefficient (Wildman–Crippen LogP) is 6.23. The minimum atomic E-state index is -0.104. The normalized spacial score (nSPS) is 12.2.